The van der Waals surface area contributed by atoms with Gasteiger partial charge in [-0.15, -0.1) is 0 Å². The van der Waals surface area contributed by atoms with Crippen molar-refractivity contribution in [3.8, 4) is 0 Å². The highest BCUT2D eigenvalue weighted by molar-refractivity contribution is 5.81. The Hall–Kier alpha value is -1.77. The van der Waals surface area contributed by atoms with Gasteiger partial charge in [-0.25, -0.2) is 57.5 Å². The Kier molecular flexibility index (Phi) is 3.82. The quantitative estimate of drug-likeness (QED) is 0.342. The van der Waals surface area contributed by atoms with Crippen molar-refractivity contribution in [2.75, 3.05) is 6.61 Å². The summed E-state index contributed by atoms with van der Waals surface area (Å²) in [6, 6.07) is 0. The van der Waals surface area contributed by atoms with E-state index in [0.29, 0.717) is 0 Å². The minimum absolute atomic E-state index is 0.0524. The van der Waals surface area contributed by atoms with Crippen molar-refractivity contribution >= 4 is 5.97 Å². The van der Waals surface area contributed by atoms with E-state index in [1.807, 2.05) is 0 Å². The zero-order chi connectivity index (χ0) is 23.8. The number of rotatable bonds is 3. The van der Waals surface area contributed by atoms with E-state index in [4.69, 9.17) is 0 Å². The smallest absolute Gasteiger partial charge is 0.338 e. The van der Waals surface area contributed by atoms with Crippen molar-refractivity contribution in [3.63, 3.8) is 0 Å². The average molecular weight is 472 g/mol. The number of halogens is 14. The molecule has 2 unspecified atom stereocenters. The highest BCUT2D eigenvalue weighted by Crippen LogP contribution is 2.88. The summed E-state index contributed by atoms with van der Waals surface area (Å²) < 4.78 is 205. The van der Waals surface area contributed by atoms with Crippen LogP contribution in [0.25, 0.3) is 0 Å². The lowest BCUT2D eigenvalue weighted by molar-refractivity contribution is -0.595. The molecule has 0 heterocycles. The fraction of sp³-hybridized carbons (Fsp3) is 0.786. The van der Waals surface area contributed by atoms with Crippen molar-refractivity contribution in [2.24, 2.45) is 11.3 Å². The van der Waals surface area contributed by atoms with Gasteiger partial charge in [-0.1, -0.05) is 6.58 Å². The van der Waals surface area contributed by atoms with Crippen LogP contribution < -0.4 is 0 Å². The molecule has 0 radical (unpaired) electrons. The van der Waals surface area contributed by atoms with Crippen LogP contribution in [0.3, 0.4) is 0 Å². The Morgan fingerprint density at radius 1 is 0.700 bits per heavy atom. The molecule has 4 saturated carbocycles. The summed E-state index contributed by atoms with van der Waals surface area (Å²) in [4.78, 5) is 11.0. The monoisotopic (exact) mass is 472 g/mol. The number of alkyl halides is 14. The summed E-state index contributed by atoms with van der Waals surface area (Å²) in [6.07, 6.45) is -0.0524. The first kappa shape index (κ1) is 22.9. The maximum atomic E-state index is 14.7. The zero-order valence-electron chi connectivity index (χ0n) is 13.7. The van der Waals surface area contributed by atoms with Crippen molar-refractivity contribution < 1.29 is 71.0 Å². The van der Waals surface area contributed by atoms with Gasteiger partial charge in [0.2, 0.25) is 5.41 Å². The van der Waals surface area contributed by atoms with Crippen LogP contribution in [0, 0.1) is 11.3 Å². The molecule has 2 nitrogen and oxygen atoms in total. The fourth-order valence-electron chi connectivity index (χ4n) is 4.52. The Morgan fingerprint density at radius 2 is 1.07 bits per heavy atom. The van der Waals surface area contributed by atoms with Gasteiger partial charge in [-0.2, -0.15) is 8.78 Å². The Bertz CT molecular complexity index is 790. The topological polar surface area (TPSA) is 26.3 Å². The van der Waals surface area contributed by atoms with E-state index in [1.54, 1.807) is 0 Å². The second-order valence-corrected chi connectivity index (χ2v) is 7.06. The van der Waals surface area contributed by atoms with Gasteiger partial charge >= 0.3 is 46.9 Å². The summed E-state index contributed by atoms with van der Waals surface area (Å²) in [6.45, 7) is -0.691. The standard InChI is InChI=1S/C14H6F14O2/c1-2-4(29)30-3-6-7(15,16)5-8(17,18)10(21,12(6,23)24)14(27,28)11(22,9(5,19)20)13(6,25)26/h2,5H,1,3H2. The lowest BCUT2D eigenvalue weighted by Crippen LogP contribution is -3.03. The Morgan fingerprint density at radius 3 is 1.40 bits per heavy atom. The van der Waals surface area contributed by atoms with Crippen LogP contribution in [0.5, 0.6) is 0 Å². The van der Waals surface area contributed by atoms with Gasteiger partial charge in [-0.05, 0) is 0 Å². The molecule has 4 bridgehead atoms. The third kappa shape index (κ3) is 1.51. The SMILES string of the molecule is C=CC(=O)OCC12C(F)(F)C3C(F)(F)C(F)(C(F)(F)C(F)(C3(F)F)C1(F)F)C2(F)F. The van der Waals surface area contributed by atoms with Crippen molar-refractivity contribution in [3.05, 3.63) is 12.7 Å². The lowest BCUT2D eigenvalue weighted by Gasteiger charge is -2.73. The van der Waals surface area contributed by atoms with E-state index < -0.39 is 70.8 Å². The predicted molar refractivity (Wildman–Crippen MR) is 64.4 cm³/mol. The van der Waals surface area contributed by atoms with Crippen molar-refractivity contribution in [1.29, 1.82) is 0 Å². The molecule has 16 heteroatoms. The minimum Gasteiger partial charge on any atom is -0.461 e. The molecule has 0 saturated heterocycles. The van der Waals surface area contributed by atoms with Gasteiger partial charge in [0.05, 0.1) is 0 Å². The van der Waals surface area contributed by atoms with E-state index in [0.717, 1.165) is 0 Å². The second-order valence-electron chi connectivity index (χ2n) is 7.06. The Balaban J connectivity index is 2.54. The van der Waals surface area contributed by atoms with Crippen LogP contribution in [0.4, 0.5) is 61.5 Å². The van der Waals surface area contributed by atoms with E-state index in [9.17, 15) is 66.3 Å². The average Bonchev–Trinajstić information content (AvgIpc) is 2.55. The highest BCUT2D eigenvalue weighted by Gasteiger charge is 3.18. The molecule has 30 heavy (non-hydrogen) atoms. The maximum absolute atomic E-state index is 14.7. The molecule has 4 aliphatic rings. The number of carbonyl (C=O) groups excluding carboxylic acids is 1. The molecule has 4 rings (SSSR count). The van der Waals surface area contributed by atoms with Crippen molar-refractivity contribution in [2.45, 2.75) is 46.9 Å². The molecule has 0 aromatic heterocycles. The first-order chi connectivity index (χ1) is 13.1. The number of esters is 1. The van der Waals surface area contributed by atoms with Crippen LogP contribution in [-0.4, -0.2) is 59.4 Å². The minimum atomic E-state index is -7.58. The molecular weight excluding hydrogens is 466 g/mol. The normalized spacial score (nSPS) is 45.1. The number of hydrogen-bond donors (Lipinski definition) is 0. The summed E-state index contributed by atoms with van der Waals surface area (Å²) in [5.41, 5.74) is -20.9. The molecule has 0 aromatic carbocycles. The van der Waals surface area contributed by atoms with E-state index >= 15 is 0 Å². The molecule has 2 atom stereocenters. The van der Waals surface area contributed by atoms with Gasteiger partial charge in [0.1, 0.15) is 6.61 Å². The molecule has 0 aromatic rings. The molecule has 0 N–H and O–H groups in total. The van der Waals surface area contributed by atoms with Gasteiger partial charge < -0.3 is 4.74 Å². The lowest BCUT2D eigenvalue weighted by atomic mass is 9.38. The maximum Gasteiger partial charge on any atom is 0.338 e. The first-order valence-electron chi connectivity index (χ1n) is 7.51. The molecule has 172 valence electrons. The summed E-state index contributed by atoms with van der Waals surface area (Å²) in [7, 11) is 0. The largest absolute Gasteiger partial charge is 0.461 e. The first-order valence-corrected chi connectivity index (χ1v) is 7.51. The molecule has 0 spiro atoms. The third-order valence-electron chi connectivity index (χ3n) is 5.98. The summed E-state index contributed by atoms with van der Waals surface area (Å²) in [5.74, 6) is -51.1. The number of carbonyl (C=O) groups is 1. The zero-order valence-corrected chi connectivity index (χ0v) is 13.7. The number of ether oxygens (including phenoxy) is 1. The van der Waals surface area contributed by atoms with E-state index in [-0.39, 0.29) is 6.08 Å². The van der Waals surface area contributed by atoms with E-state index in [2.05, 4.69) is 11.3 Å². The van der Waals surface area contributed by atoms with Crippen LogP contribution in [0.2, 0.25) is 0 Å². The predicted octanol–water partition coefficient (Wildman–Crippen LogP) is 4.59. The molecular formula is C14H6F14O2. The van der Waals surface area contributed by atoms with Gasteiger partial charge in [0.25, 0.3) is 5.92 Å². The summed E-state index contributed by atoms with van der Waals surface area (Å²) >= 11 is 0. The van der Waals surface area contributed by atoms with Crippen LogP contribution in [0.15, 0.2) is 12.7 Å². The molecule has 4 fully saturated rings. The van der Waals surface area contributed by atoms with Crippen LogP contribution >= 0.6 is 0 Å². The van der Waals surface area contributed by atoms with Crippen molar-refractivity contribution in [1.82, 2.24) is 0 Å². The van der Waals surface area contributed by atoms with Gasteiger partial charge in [-0.3, -0.25) is 0 Å². The van der Waals surface area contributed by atoms with Crippen LogP contribution in [0.1, 0.15) is 0 Å². The third-order valence-corrected chi connectivity index (χ3v) is 5.98. The summed E-state index contributed by atoms with van der Waals surface area (Å²) in [5, 5.41) is 0. The second kappa shape index (κ2) is 5.00. The molecule has 4 aliphatic carbocycles. The van der Waals surface area contributed by atoms with Crippen LogP contribution in [-0.2, 0) is 9.53 Å². The van der Waals surface area contributed by atoms with Gasteiger partial charge in [0, 0.05) is 6.08 Å². The fourth-order valence-corrected chi connectivity index (χ4v) is 4.52. The van der Waals surface area contributed by atoms with E-state index in [1.165, 1.54) is 0 Å². The number of hydrogen-bond acceptors (Lipinski definition) is 2. The van der Waals surface area contributed by atoms with Gasteiger partial charge in [0.15, 0.2) is 5.92 Å². The molecule has 0 amide bonds. The Labute approximate surface area is 155 Å². The molecule has 0 aliphatic heterocycles. The highest BCUT2D eigenvalue weighted by atomic mass is 19.3.